The third-order valence-electron chi connectivity index (χ3n) is 3.38. The number of nitrogens with two attached hydrogens (primary N) is 1. The summed E-state index contributed by atoms with van der Waals surface area (Å²) in [5.41, 5.74) is 3.32. The van der Waals surface area contributed by atoms with Gasteiger partial charge in [-0.25, -0.2) is 13.6 Å². The van der Waals surface area contributed by atoms with Gasteiger partial charge in [-0.15, -0.1) is 0 Å². The van der Waals surface area contributed by atoms with Gasteiger partial charge >= 0.3 is 17.1 Å². The third kappa shape index (κ3) is 3.54. The van der Waals surface area contributed by atoms with Gasteiger partial charge < -0.3 is 4.52 Å². The van der Waals surface area contributed by atoms with Crippen LogP contribution in [-0.4, -0.2) is 30.6 Å². The van der Waals surface area contributed by atoms with Gasteiger partial charge in [0.05, 0.1) is 10.5 Å². The SMILES string of the molecule is Cc1onc(-c2ccccc2)c1-c1ccc(S(N)(=O)=O)cc1.[SeH2]. The van der Waals surface area contributed by atoms with Gasteiger partial charge in [0.15, 0.2) is 0 Å². The quantitative estimate of drug-likeness (QED) is 0.688. The molecular weight excluding hydrogens is 379 g/mol. The molecule has 3 rings (SSSR count). The standard InChI is InChI=1S/C16H14N2O3S.H2Se/c1-11-15(12-7-9-14(10-8-12)22(17,19)20)16(18-21-11)13-5-3-2-4-6-13;/h2-10H,1H3,(H2,17,19,20);1H2. The number of benzene rings is 2. The Balaban J connectivity index is 0.00000192. The van der Waals surface area contributed by atoms with Crippen molar-refractivity contribution in [1.29, 1.82) is 0 Å². The summed E-state index contributed by atoms with van der Waals surface area (Å²) in [6, 6.07) is 16.0. The molecule has 1 heterocycles. The van der Waals surface area contributed by atoms with E-state index in [1.54, 1.807) is 12.1 Å². The summed E-state index contributed by atoms with van der Waals surface area (Å²) in [4.78, 5) is 0.0756. The summed E-state index contributed by atoms with van der Waals surface area (Å²) in [5, 5.41) is 9.23. The summed E-state index contributed by atoms with van der Waals surface area (Å²) in [5.74, 6) is 0.669. The van der Waals surface area contributed by atoms with Gasteiger partial charge in [0.25, 0.3) is 0 Å². The molecule has 0 unspecified atom stereocenters. The van der Waals surface area contributed by atoms with Gasteiger partial charge in [-0.1, -0.05) is 47.6 Å². The number of aryl methyl sites for hydroxylation is 1. The first-order valence-electron chi connectivity index (χ1n) is 6.62. The number of hydrogen-bond donors (Lipinski definition) is 1. The second-order valence-corrected chi connectivity index (χ2v) is 6.46. The molecule has 0 aliphatic carbocycles. The molecule has 0 atom stereocenters. The summed E-state index contributed by atoms with van der Waals surface area (Å²) in [6.45, 7) is 1.82. The van der Waals surface area contributed by atoms with E-state index >= 15 is 0 Å². The van der Waals surface area contributed by atoms with Crippen LogP contribution in [0.15, 0.2) is 64.0 Å². The molecule has 3 aromatic rings. The molecule has 0 amide bonds. The van der Waals surface area contributed by atoms with E-state index < -0.39 is 10.0 Å². The van der Waals surface area contributed by atoms with Gasteiger partial charge in [-0.2, -0.15) is 0 Å². The van der Waals surface area contributed by atoms with E-state index in [4.69, 9.17) is 9.66 Å². The summed E-state index contributed by atoms with van der Waals surface area (Å²) >= 11 is 0. The Bertz CT molecular complexity index is 904. The zero-order valence-electron chi connectivity index (χ0n) is 12.4. The average Bonchev–Trinajstić information content (AvgIpc) is 2.89. The number of primary sulfonamides is 1. The van der Waals surface area contributed by atoms with Gasteiger partial charge in [0.1, 0.15) is 11.5 Å². The van der Waals surface area contributed by atoms with Gasteiger partial charge in [0, 0.05) is 5.56 Å². The fourth-order valence-electron chi connectivity index (χ4n) is 2.32. The Morgan fingerprint density at radius 1 is 0.957 bits per heavy atom. The van der Waals surface area contributed by atoms with E-state index in [1.807, 2.05) is 37.3 Å². The molecule has 0 aliphatic heterocycles. The molecule has 0 radical (unpaired) electrons. The molecule has 2 N–H and O–H groups in total. The minimum atomic E-state index is -3.70. The molecule has 0 saturated heterocycles. The van der Waals surface area contributed by atoms with Crippen LogP contribution in [0.25, 0.3) is 22.4 Å². The van der Waals surface area contributed by atoms with Gasteiger partial charge in [-0.3, -0.25) is 0 Å². The van der Waals surface area contributed by atoms with Crippen molar-refractivity contribution in [2.45, 2.75) is 11.8 Å². The van der Waals surface area contributed by atoms with E-state index in [9.17, 15) is 8.42 Å². The van der Waals surface area contributed by atoms with Crippen LogP contribution in [0, 0.1) is 6.92 Å². The molecular formula is C16H16N2O3SSe. The van der Waals surface area contributed by atoms with Crippen LogP contribution < -0.4 is 5.14 Å². The maximum atomic E-state index is 11.3. The van der Waals surface area contributed by atoms with Crippen molar-refractivity contribution < 1.29 is 12.9 Å². The molecule has 7 heteroatoms. The van der Waals surface area contributed by atoms with Crippen LogP contribution in [0.5, 0.6) is 0 Å². The van der Waals surface area contributed by atoms with Crippen LogP contribution in [0.2, 0.25) is 0 Å². The van der Waals surface area contributed by atoms with E-state index in [2.05, 4.69) is 5.16 Å². The normalized spacial score (nSPS) is 11.0. The fourth-order valence-corrected chi connectivity index (χ4v) is 2.83. The predicted molar refractivity (Wildman–Crippen MR) is 92.0 cm³/mol. The zero-order valence-corrected chi connectivity index (χ0v) is 15.3. The van der Waals surface area contributed by atoms with E-state index in [1.165, 1.54) is 12.1 Å². The number of nitrogens with zero attached hydrogens (tertiary/aromatic N) is 1. The average molecular weight is 395 g/mol. The van der Waals surface area contributed by atoms with Crippen LogP contribution >= 0.6 is 0 Å². The molecule has 0 aliphatic rings. The van der Waals surface area contributed by atoms with Crippen molar-refractivity contribution >= 4 is 27.1 Å². The van der Waals surface area contributed by atoms with Crippen LogP contribution in [0.3, 0.4) is 0 Å². The first-order chi connectivity index (χ1) is 10.5. The Kier molecular flexibility index (Phi) is 5.06. The van der Waals surface area contributed by atoms with Crippen LogP contribution in [0.4, 0.5) is 0 Å². The van der Waals surface area contributed by atoms with E-state index in [0.29, 0.717) is 5.76 Å². The van der Waals surface area contributed by atoms with Gasteiger partial charge in [0.2, 0.25) is 10.0 Å². The molecule has 0 spiro atoms. The van der Waals surface area contributed by atoms with Crippen molar-refractivity contribution in [2.75, 3.05) is 0 Å². The molecule has 5 nitrogen and oxygen atoms in total. The molecule has 0 saturated carbocycles. The van der Waals surface area contributed by atoms with Crippen molar-refractivity contribution in [3.8, 4) is 22.4 Å². The number of hydrogen-bond acceptors (Lipinski definition) is 4. The Morgan fingerprint density at radius 3 is 2.13 bits per heavy atom. The Morgan fingerprint density at radius 2 is 1.57 bits per heavy atom. The Labute approximate surface area is 145 Å². The molecule has 23 heavy (non-hydrogen) atoms. The Hall–Kier alpha value is -1.92. The number of aromatic nitrogens is 1. The first kappa shape index (κ1) is 17.4. The molecule has 0 bridgehead atoms. The van der Waals surface area contributed by atoms with Crippen molar-refractivity contribution in [1.82, 2.24) is 5.16 Å². The second-order valence-electron chi connectivity index (χ2n) is 4.90. The minimum absolute atomic E-state index is 0. The van der Waals surface area contributed by atoms with Crippen LogP contribution in [-0.2, 0) is 10.0 Å². The monoisotopic (exact) mass is 396 g/mol. The predicted octanol–water partition coefficient (Wildman–Crippen LogP) is 2.05. The maximum absolute atomic E-state index is 11.3. The van der Waals surface area contributed by atoms with Crippen molar-refractivity contribution in [2.24, 2.45) is 5.14 Å². The zero-order chi connectivity index (χ0) is 15.7. The number of rotatable bonds is 3. The topological polar surface area (TPSA) is 86.2 Å². The van der Waals surface area contributed by atoms with Crippen molar-refractivity contribution in [3.63, 3.8) is 0 Å². The van der Waals surface area contributed by atoms with Crippen LogP contribution in [0.1, 0.15) is 5.76 Å². The first-order valence-corrected chi connectivity index (χ1v) is 8.16. The molecule has 2 aromatic carbocycles. The number of sulfonamides is 1. The fraction of sp³-hybridized carbons (Fsp3) is 0.0625. The summed E-state index contributed by atoms with van der Waals surface area (Å²) < 4.78 is 28.0. The third-order valence-corrected chi connectivity index (χ3v) is 4.31. The summed E-state index contributed by atoms with van der Waals surface area (Å²) in [7, 11) is -3.70. The van der Waals surface area contributed by atoms with E-state index in [-0.39, 0.29) is 22.0 Å². The van der Waals surface area contributed by atoms with Gasteiger partial charge in [-0.05, 0) is 24.6 Å². The molecule has 120 valence electrons. The summed E-state index contributed by atoms with van der Waals surface area (Å²) in [6.07, 6.45) is 0. The van der Waals surface area contributed by atoms with E-state index in [0.717, 1.165) is 22.4 Å². The van der Waals surface area contributed by atoms with Crippen molar-refractivity contribution in [3.05, 3.63) is 60.4 Å². The molecule has 0 fully saturated rings. The second kappa shape index (κ2) is 6.68. The molecule has 1 aromatic heterocycles.